The number of rotatable bonds is 8. The first-order chi connectivity index (χ1) is 23.2. The fourth-order valence-electron chi connectivity index (χ4n) is 7.31. The second-order valence-electron chi connectivity index (χ2n) is 12.5. The van der Waals surface area contributed by atoms with Gasteiger partial charge in [0, 0.05) is 47.7 Å². The molecule has 2 fully saturated rings. The molecular weight excluding hydrogens is 649 g/mol. The van der Waals surface area contributed by atoms with E-state index in [9.17, 15) is 26.9 Å². The Bertz CT molecular complexity index is 2200. The van der Waals surface area contributed by atoms with Crippen molar-refractivity contribution >= 4 is 53.0 Å². The van der Waals surface area contributed by atoms with Crippen molar-refractivity contribution in [2.45, 2.75) is 47.3 Å². The Hall–Kier alpha value is -4.20. The van der Waals surface area contributed by atoms with Gasteiger partial charge in [-0.3, -0.25) is 10.7 Å². The maximum atomic E-state index is 13.8. The van der Waals surface area contributed by atoms with Gasteiger partial charge in [0.25, 0.3) is 0 Å². The van der Waals surface area contributed by atoms with Crippen molar-refractivity contribution in [3.05, 3.63) is 113 Å². The molecule has 0 atom stereocenters. The Morgan fingerprint density at radius 3 is 1.46 bits per heavy atom. The predicted molar refractivity (Wildman–Crippen MR) is 187 cm³/mol. The first kappa shape index (κ1) is 32.4. The van der Waals surface area contributed by atoms with Crippen molar-refractivity contribution in [3.63, 3.8) is 0 Å². The van der Waals surface area contributed by atoms with Crippen molar-refractivity contribution in [1.29, 1.82) is 0 Å². The molecule has 0 bridgehead atoms. The number of anilines is 1. The van der Waals surface area contributed by atoms with Gasteiger partial charge in [-0.1, -0.05) is 72.8 Å². The molecule has 2 aliphatic heterocycles. The number of nitrogens with zero attached hydrogens (tertiary/aromatic N) is 3. The third-order valence-electron chi connectivity index (χ3n) is 9.96. The normalized spacial score (nSPS) is 17.5. The molecule has 5 aromatic rings. The van der Waals surface area contributed by atoms with E-state index in [1.165, 1.54) is 56.1 Å². The molecule has 7 rings (SSSR count). The van der Waals surface area contributed by atoms with Gasteiger partial charge in [0.05, 0.1) is 15.5 Å². The van der Waals surface area contributed by atoms with Crippen LogP contribution in [0.25, 0.3) is 21.5 Å². The summed E-state index contributed by atoms with van der Waals surface area (Å²) in [4.78, 5) is 12.4. The highest BCUT2D eigenvalue weighted by Gasteiger charge is 2.32. The van der Waals surface area contributed by atoms with Crippen LogP contribution in [0.15, 0.2) is 112 Å². The number of nitrogens with one attached hydrogen (secondary N) is 1. The van der Waals surface area contributed by atoms with Gasteiger partial charge in [-0.25, -0.2) is 16.8 Å². The molecule has 2 heterocycles. The van der Waals surface area contributed by atoms with Crippen molar-refractivity contribution in [3.8, 4) is 0 Å². The third kappa shape index (κ3) is 5.77. The Balaban J connectivity index is 1.19. The number of piperidine rings is 2. The van der Waals surface area contributed by atoms with Gasteiger partial charge < -0.3 is 0 Å². The fourth-order valence-corrected chi connectivity index (χ4v) is 10.3. The molecule has 2 aliphatic rings. The lowest BCUT2D eigenvalue weighted by Crippen LogP contribution is -2.37. The van der Waals surface area contributed by atoms with Crippen LogP contribution < -0.4 is 5.48 Å². The molecular formula is C36H36N4O6S2. The molecule has 0 radical (unpaired) electrons. The van der Waals surface area contributed by atoms with Crippen LogP contribution in [0, 0.1) is 4.91 Å². The quantitative estimate of drug-likeness (QED) is 0.0992. The highest BCUT2D eigenvalue weighted by molar-refractivity contribution is 7.89. The number of fused-ring (bicyclic) bond motifs is 2. The van der Waals surface area contributed by atoms with Crippen LogP contribution in [0.4, 0.5) is 11.4 Å². The van der Waals surface area contributed by atoms with Crippen LogP contribution in [0.1, 0.15) is 48.6 Å². The summed E-state index contributed by atoms with van der Waals surface area (Å²) < 4.78 is 58.1. The van der Waals surface area contributed by atoms with Crippen LogP contribution in [0.5, 0.6) is 0 Å². The van der Waals surface area contributed by atoms with Gasteiger partial charge >= 0.3 is 0 Å². The molecule has 0 amide bonds. The van der Waals surface area contributed by atoms with E-state index in [0.29, 0.717) is 57.2 Å². The highest BCUT2D eigenvalue weighted by atomic mass is 32.2. The maximum Gasteiger partial charge on any atom is 0.243 e. The predicted octanol–water partition coefficient (Wildman–Crippen LogP) is 7.33. The van der Waals surface area contributed by atoms with E-state index < -0.39 is 20.0 Å². The first-order valence-electron chi connectivity index (χ1n) is 16.1. The fraction of sp³-hybridized carbons (Fsp3) is 0.278. The Kier molecular flexibility index (Phi) is 8.77. The molecule has 5 aromatic carbocycles. The highest BCUT2D eigenvalue weighted by Crippen LogP contribution is 2.44. The van der Waals surface area contributed by atoms with E-state index >= 15 is 0 Å². The lowest BCUT2D eigenvalue weighted by Gasteiger charge is -2.31. The summed E-state index contributed by atoms with van der Waals surface area (Å²) in [6.45, 7) is 1.46. The molecule has 0 aromatic heterocycles. The zero-order valence-electron chi connectivity index (χ0n) is 26.2. The van der Waals surface area contributed by atoms with Crippen LogP contribution in [-0.4, -0.2) is 56.8 Å². The lowest BCUT2D eigenvalue weighted by atomic mass is 9.90. The molecule has 0 aliphatic carbocycles. The van der Waals surface area contributed by atoms with Crippen molar-refractivity contribution < 1.29 is 22.0 Å². The standard InChI is InChI=1S/C36H36N4O6S2/c41-37-35-32-14-12-30(48(45,46)40-21-17-28(18-22-40)26-9-5-2-6-10-26)24-34(32)36(38-42)31-13-11-29(23-33(31)35)47(43,44)39-19-15-27(16-20-39)25-7-3-1-4-8-25/h1-14,23-24,27-28,37,41H,15-22H2. The molecule has 0 unspecified atom stereocenters. The summed E-state index contributed by atoms with van der Waals surface area (Å²) in [5.74, 6) is 0.557. The van der Waals surface area contributed by atoms with Crippen LogP contribution >= 0.6 is 0 Å². The third-order valence-corrected chi connectivity index (χ3v) is 13.7. The summed E-state index contributed by atoms with van der Waals surface area (Å²) >= 11 is 0. The molecule has 248 valence electrons. The average molecular weight is 685 g/mol. The van der Waals surface area contributed by atoms with Crippen LogP contribution in [-0.2, 0) is 20.0 Å². The molecule has 12 heteroatoms. The summed E-state index contributed by atoms with van der Waals surface area (Å²) in [5.41, 5.74) is 4.69. The van der Waals surface area contributed by atoms with Crippen molar-refractivity contribution in [2.24, 2.45) is 5.18 Å². The maximum absolute atomic E-state index is 13.8. The summed E-state index contributed by atoms with van der Waals surface area (Å²) in [6.07, 6.45) is 2.77. The van der Waals surface area contributed by atoms with Gasteiger partial charge in [0.2, 0.25) is 20.0 Å². The number of hydrogen-bond donors (Lipinski definition) is 2. The monoisotopic (exact) mass is 684 g/mol. The zero-order chi connectivity index (χ0) is 33.5. The molecule has 0 saturated carbocycles. The lowest BCUT2D eigenvalue weighted by molar-refractivity contribution is 0.319. The smallest absolute Gasteiger partial charge is 0.243 e. The topological polar surface area (TPSA) is 136 Å². The Morgan fingerprint density at radius 2 is 1.02 bits per heavy atom. The second-order valence-corrected chi connectivity index (χ2v) is 16.4. The summed E-state index contributed by atoms with van der Waals surface area (Å²) in [7, 11) is -7.78. The van der Waals surface area contributed by atoms with E-state index in [4.69, 9.17) is 0 Å². The van der Waals surface area contributed by atoms with Crippen molar-refractivity contribution in [1.82, 2.24) is 8.61 Å². The minimum Gasteiger partial charge on any atom is -0.291 e. The molecule has 2 N–H and O–H groups in total. The van der Waals surface area contributed by atoms with E-state index in [-0.39, 0.29) is 49.2 Å². The molecule has 48 heavy (non-hydrogen) atoms. The van der Waals surface area contributed by atoms with E-state index in [0.717, 1.165) is 0 Å². The Labute approximate surface area is 280 Å². The van der Waals surface area contributed by atoms with Gasteiger partial charge in [-0.2, -0.15) is 8.61 Å². The number of sulfonamides is 2. The number of nitroso groups, excluding NO2 is 1. The van der Waals surface area contributed by atoms with E-state index in [1.54, 1.807) is 0 Å². The molecule has 2 saturated heterocycles. The Morgan fingerprint density at radius 1 is 0.583 bits per heavy atom. The zero-order valence-corrected chi connectivity index (χ0v) is 27.8. The van der Waals surface area contributed by atoms with E-state index in [1.807, 2.05) is 36.4 Å². The van der Waals surface area contributed by atoms with Gasteiger partial charge in [0.1, 0.15) is 5.69 Å². The van der Waals surface area contributed by atoms with Crippen LogP contribution in [0.3, 0.4) is 0 Å². The van der Waals surface area contributed by atoms with E-state index in [2.05, 4.69) is 34.9 Å². The molecule has 10 nitrogen and oxygen atoms in total. The largest absolute Gasteiger partial charge is 0.291 e. The van der Waals surface area contributed by atoms with Crippen LogP contribution in [0.2, 0.25) is 0 Å². The van der Waals surface area contributed by atoms with Gasteiger partial charge in [-0.15, -0.1) is 4.91 Å². The molecule has 0 spiro atoms. The SMILES string of the molecule is O=Nc1c2cc(S(=O)(=O)N3CCC(c4ccccc4)CC3)ccc2c(NO)c2cc(S(=O)(=O)N3CCC(c4ccccc4)CC3)ccc12. The average Bonchev–Trinajstić information content (AvgIpc) is 3.14. The minimum absolute atomic E-state index is 0.0133. The first-order valence-corrected chi connectivity index (χ1v) is 19.0. The van der Waals surface area contributed by atoms with Gasteiger partial charge in [-0.05, 0) is 78.1 Å². The second kappa shape index (κ2) is 13.0. The summed E-state index contributed by atoms with van der Waals surface area (Å²) in [5, 5.41) is 14.7. The van der Waals surface area contributed by atoms with Crippen molar-refractivity contribution in [2.75, 3.05) is 31.7 Å². The summed E-state index contributed by atoms with van der Waals surface area (Å²) in [6, 6.07) is 28.9. The number of hydrogen-bond acceptors (Lipinski definition) is 8. The minimum atomic E-state index is -3.90. The number of benzene rings is 5. The van der Waals surface area contributed by atoms with Gasteiger partial charge in [0.15, 0.2) is 0 Å².